The van der Waals surface area contributed by atoms with Crippen LogP contribution in [0.3, 0.4) is 0 Å². The molecule has 23 heavy (non-hydrogen) atoms. The Morgan fingerprint density at radius 3 is 0.783 bits per heavy atom. The highest BCUT2D eigenvalue weighted by Gasteiger charge is 1.89. The van der Waals surface area contributed by atoms with Gasteiger partial charge in [0.15, 0.2) is 0 Å². The van der Waals surface area contributed by atoms with Crippen LogP contribution in [0.15, 0.2) is 0 Å². The third-order valence-electron chi connectivity index (χ3n) is 1.72. The molecule has 0 spiro atoms. The summed E-state index contributed by atoms with van der Waals surface area (Å²) in [6.07, 6.45) is 0. The first-order valence-corrected chi connectivity index (χ1v) is 6.61. The Morgan fingerprint density at radius 1 is 0.391 bits per heavy atom. The second-order valence-corrected chi connectivity index (χ2v) is 3.18. The van der Waals surface area contributed by atoms with E-state index in [1.807, 2.05) is 0 Å². The van der Waals surface area contributed by atoms with E-state index in [1.165, 1.54) is 28.4 Å². The molecule has 0 amide bonds. The van der Waals surface area contributed by atoms with Crippen molar-refractivity contribution in [2.45, 2.75) is 0 Å². The number of hydrogen-bond donors (Lipinski definition) is 0. The molecule has 0 saturated heterocycles. The van der Waals surface area contributed by atoms with E-state index >= 15 is 0 Å². The fraction of sp³-hybridized carbons (Fsp3) is 1.00. The van der Waals surface area contributed by atoms with Gasteiger partial charge in [0, 0.05) is 0 Å². The van der Waals surface area contributed by atoms with Crippen LogP contribution in [-0.4, -0.2) is 86.8 Å². The van der Waals surface area contributed by atoms with Crippen LogP contribution in [0.1, 0.15) is 0 Å². The van der Waals surface area contributed by atoms with Gasteiger partial charge in [-0.3, -0.25) is 0 Å². The lowest BCUT2D eigenvalue weighted by atomic mass is 10.7. The molecule has 2 N–H and O–H groups in total. The highest BCUT2D eigenvalue weighted by atomic mass is 17.2. The van der Waals surface area contributed by atoms with Crippen molar-refractivity contribution in [3.05, 3.63) is 0 Å². The smallest absolute Gasteiger partial charge is 0.106 e. The molecular formula is C12H30O11. The molecule has 0 aromatic carbocycles. The van der Waals surface area contributed by atoms with E-state index < -0.39 is 0 Å². The van der Waals surface area contributed by atoms with Crippen molar-refractivity contribution in [1.29, 1.82) is 0 Å². The van der Waals surface area contributed by atoms with Crippen LogP contribution in [0.2, 0.25) is 0 Å². The Hall–Kier alpha value is -0.440. The molecule has 0 unspecified atom stereocenters. The monoisotopic (exact) mass is 350 g/mol. The maximum absolute atomic E-state index is 5.03. The van der Waals surface area contributed by atoms with Gasteiger partial charge >= 0.3 is 0 Å². The molecule has 11 nitrogen and oxygen atoms in total. The van der Waals surface area contributed by atoms with Gasteiger partial charge in [-0.05, 0) is 0 Å². The van der Waals surface area contributed by atoms with Gasteiger partial charge in [-0.1, -0.05) is 0 Å². The third kappa shape index (κ3) is 34.1. The zero-order valence-corrected chi connectivity index (χ0v) is 14.2. The van der Waals surface area contributed by atoms with Crippen molar-refractivity contribution in [2.24, 2.45) is 0 Å². The number of ether oxygens (including phenoxy) is 2. The zero-order valence-electron chi connectivity index (χ0n) is 14.2. The minimum absolute atomic E-state index is 0. The van der Waals surface area contributed by atoms with Crippen molar-refractivity contribution in [3.8, 4) is 0 Å². The molecule has 0 heterocycles. The molecule has 11 heteroatoms. The molecule has 0 aromatic heterocycles. The molecular weight excluding hydrogens is 320 g/mol. The minimum atomic E-state index is 0. The Bertz CT molecular complexity index is 139. The number of rotatable bonds is 16. The average molecular weight is 350 g/mol. The molecule has 0 aliphatic heterocycles. The van der Waals surface area contributed by atoms with Gasteiger partial charge in [-0.2, -0.15) is 0 Å². The van der Waals surface area contributed by atoms with Crippen molar-refractivity contribution in [1.82, 2.24) is 0 Å². The normalized spacial score (nSPS) is 9.91. The van der Waals surface area contributed by atoms with Crippen LogP contribution >= 0.6 is 0 Å². The van der Waals surface area contributed by atoms with Crippen LogP contribution in [0.5, 0.6) is 0 Å². The maximum Gasteiger partial charge on any atom is 0.106 e. The lowest BCUT2D eigenvalue weighted by molar-refractivity contribution is -0.287. The van der Waals surface area contributed by atoms with E-state index in [4.69, 9.17) is 9.47 Å². The molecule has 0 bridgehead atoms. The molecule has 144 valence electrons. The lowest BCUT2D eigenvalue weighted by Gasteiger charge is -2.02. The van der Waals surface area contributed by atoms with Gasteiger partial charge < -0.3 is 14.9 Å². The maximum atomic E-state index is 5.03. The first-order chi connectivity index (χ1) is 10.8. The van der Waals surface area contributed by atoms with Crippen LogP contribution in [-0.2, 0) is 48.6 Å². The van der Waals surface area contributed by atoms with Crippen LogP contribution < -0.4 is 0 Å². The molecule has 0 atom stereocenters. The fourth-order valence-electron chi connectivity index (χ4n) is 0.909. The SMILES string of the molecule is COOCCOCCOOC.COOCCOCCOOC.O. The second kappa shape index (κ2) is 29.6. The van der Waals surface area contributed by atoms with Gasteiger partial charge in [-0.15, -0.1) is 0 Å². The predicted octanol–water partition coefficient (Wildman–Crippen LogP) is -0.507. The summed E-state index contributed by atoms with van der Waals surface area (Å²) in [7, 11) is 5.81. The highest BCUT2D eigenvalue weighted by Crippen LogP contribution is 1.80. The second-order valence-electron chi connectivity index (χ2n) is 3.18. The van der Waals surface area contributed by atoms with Gasteiger partial charge in [0.05, 0.1) is 54.9 Å². The molecule has 0 radical (unpaired) electrons. The van der Waals surface area contributed by atoms with Gasteiger partial charge in [0.2, 0.25) is 0 Å². The summed E-state index contributed by atoms with van der Waals surface area (Å²) in [5, 5.41) is 0. The summed E-state index contributed by atoms with van der Waals surface area (Å²) in [6.45, 7) is 3.63. The van der Waals surface area contributed by atoms with E-state index in [1.54, 1.807) is 0 Å². The summed E-state index contributed by atoms with van der Waals surface area (Å²) in [5.74, 6) is 0. The molecule has 0 aliphatic carbocycles. The standard InChI is InChI=1S/2C6H14O5.H2O/c2*1-7-10-5-3-9-4-6-11-8-2;/h2*3-6H2,1-2H3;1H2. The van der Waals surface area contributed by atoms with E-state index in [0.717, 1.165) is 0 Å². The summed E-state index contributed by atoms with van der Waals surface area (Å²) >= 11 is 0. The van der Waals surface area contributed by atoms with Gasteiger partial charge in [0.1, 0.15) is 26.4 Å². The van der Waals surface area contributed by atoms with Crippen LogP contribution in [0, 0.1) is 0 Å². The molecule has 0 aromatic rings. The van der Waals surface area contributed by atoms with Gasteiger partial charge in [0.25, 0.3) is 0 Å². The van der Waals surface area contributed by atoms with E-state index in [2.05, 4.69) is 39.1 Å². The first-order valence-electron chi connectivity index (χ1n) is 6.61. The summed E-state index contributed by atoms with van der Waals surface area (Å²) in [6, 6.07) is 0. The van der Waals surface area contributed by atoms with Crippen LogP contribution in [0.4, 0.5) is 0 Å². The molecule has 0 aliphatic rings. The van der Waals surface area contributed by atoms with Crippen molar-refractivity contribution in [2.75, 3.05) is 81.3 Å². The van der Waals surface area contributed by atoms with E-state index in [-0.39, 0.29) is 5.48 Å². The Morgan fingerprint density at radius 2 is 0.609 bits per heavy atom. The molecule has 0 saturated carbocycles. The molecule has 0 fully saturated rings. The van der Waals surface area contributed by atoms with Gasteiger partial charge in [-0.25, -0.2) is 39.1 Å². The largest absolute Gasteiger partial charge is 0.412 e. The third-order valence-corrected chi connectivity index (χ3v) is 1.72. The summed E-state index contributed by atoms with van der Waals surface area (Å²) in [5.41, 5.74) is 0. The van der Waals surface area contributed by atoms with E-state index in [0.29, 0.717) is 52.9 Å². The minimum Gasteiger partial charge on any atom is -0.412 e. The lowest BCUT2D eigenvalue weighted by Crippen LogP contribution is -2.08. The van der Waals surface area contributed by atoms with Crippen LogP contribution in [0.25, 0.3) is 0 Å². The number of hydrogen-bond acceptors (Lipinski definition) is 10. The Balaban J connectivity index is -0.000000333. The topological polar surface area (TPSA) is 124 Å². The van der Waals surface area contributed by atoms with Crippen molar-refractivity contribution >= 4 is 0 Å². The molecule has 0 rings (SSSR count). The van der Waals surface area contributed by atoms with Crippen molar-refractivity contribution in [3.63, 3.8) is 0 Å². The summed E-state index contributed by atoms with van der Waals surface area (Å²) in [4.78, 5) is 35.5. The first kappa shape index (κ1) is 27.4. The Kier molecular flexibility index (Phi) is 35.2. The van der Waals surface area contributed by atoms with E-state index in [9.17, 15) is 0 Å². The average Bonchev–Trinajstić information content (AvgIpc) is 2.54. The highest BCUT2D eigenvalue weighted by molar-refractivity contribution is 4.27. The quantitative estimate of drug-likeness (QED) is 0.204. The zero-order chi connectivity index (χ0) is 16.7. The Labute approximate surface area is 136 Å². The fourth-order valence-corrected chi connectivity index (χ4v) is 0.909. The predicted molar refractivity (Wildman–Crippen MR) is 77.1 cm³/mol. The summed E-state index contributed by atoms with van der Waals surface area (Å²) < 4.78 is 10.1. The van der Waals surface area contributed by atoms with Crippen molar-refractivity contribution < 1.29 is 54.1 Å².